The zero-order valence-electron chi connectivity index (χ0n) is 17.3. The lowest BCUT2D eigenvalue weighted by molar-refractivity contribution is -0.118. The Kier molecular flexibility index (Phi) is 9.42. The molecule has 0 atom stereocenters. The van der Waals surface area contributed by atoms with Crippen LogP contribution in [0.15, 0.2) is 12.1 Å². The maximum Gasteiger partial charge on any atom is 0.228 e. The van der Waals surface area contributed by atoms with Crippen LogP contribution in [-0.4, -0.2) is 69.4 Å². The fourth-order valence-electron chi connectivity index (χ4n) is 3.34. The van der Waals surface area contributed by atoms with Crippen molar-refractivity contribution in [1.82, 2.24) is 9.88 Å². The number of fused-ring (bicyclic) bond motifs is 1. The average molecular weight is 444 g/mol. The van der Waals surface area contributed by atoms with Crippen molar-refractivity contribution in [3.8, 4) is 11.5 Å². The minimum absolute atomic E-state index is 0. The number of nitrogens with zero attached hydrogens (tertiary/aromatic N) is 3. The van der Waals surface area contributed by atoms with E-state index in [0.717, 1.165) is 61.7 Å². The number of anilines is 1. The van der Waals surface area contributed by atoms with Crippen molar-refractivity contribution in [3.05, 3.63) is 12.1 Å². The highest BCUT2D eigenvalue weighted by molar-refractivity contribution is 7.22. The molecule has 0 N–H and O–H groups in total. The van der Waals surface area contributed by atoms with Crippen LogP contribution in [-0.2, 0) is 9.53 Å². The van der Waals surface area contributed by atoms with Gasteiger partial charge >= 0.3 is 0 Å². The standard InChI is InChI=1S/C20H29N3O4S.ClH/c1-4-6-17(24)23(10-5-9-22-11-13-27-14-12-22)20-21-18-15(25-2)7-8-16(26-3)19(18)28-20;/h7-8H,4-6,9-14H2,1-3H3;1H. The molecule has 9 heteroatoms. The van der Waals surface area contributed by atoms with Gasteiger partial charge in [0, 0.05) is 32.6 Å². The zero-order chi connectivity index (χ0) is 19.9. The van der Waals surface area contributed by atoms with E-state index in [1.165, 1.54) is 11.3 Å². The van der Waals surface area contributed by atoms with E-state index in [2.05, 4.69) is 4.90 Å². The Hall–Kier alpha value is -1.61. The quantitative estimate of drug-likeness (QED) is 0.590. The van der Waals surface area contributed by atoms with Crippen molar-refractivity contribution in [2.45, 2.75) is 26.2 Å². The van der Waals surface area contributed by atoms with E-state index in [1.54, 1.807) is 14.2 Å². The predicted molar refractivity (Wildman–Crippen MR) is 119 cm³/mol. The SMILES string of the molecule is CCCC(=O)N(CCCN1CCOCC1)c1nc2c(OC)ccc(OC)c2s1.Cl. The molecule has 0 aliphatic carbocycles. The summed E-state index contributed by atoms with van der Waals surface area (Å²) in [5, 5.41) is 0.707. The molecule has 2 heterocycles. The summed E-state index contributed by atoms with van der Waals surface area (Å²) in [7, 11) is 3.27. The van der Waals surface area contributed by atoms with Gasteiger partial charge in [0.25, 0.3) is 0 Å². The van der Waals surface area contributed by atoms with E-state index in [1.807, 2.05) is 24.0 Å². The highest BCUT2D eigenvalue weighted by atomic mass is 35.5. The Morgan fingerprint density at radius 3 is 2.59 bits per heavy atom. The van der Waals surface area contributed by atoms with E-state index < -0.39 is 0 Å². The van der Waals surface area contributed by atoms with Gasteiger partial charge in [-0.25, -0.2) is 4.98 Å². The lowest BCUT2D eigenvalue weighted by Crippen LogP contribution is -2.39. The number of methoxy groups -OCH3 is 2. The number of thiazole rings is 1. The summed E-state index contributed by atoms with van der Waals surface area (Å²) in [6.45, 7) is 7.12. The molecule has 0 saturated carbocycles. The van der Waals surface area contributed by atoms with Gasteiger partial charge in [-0.2, -0.15) is 0 Å². The first-order valence-electron chi connectivity index (χ1n) is 9.80. The average Bonchev–Trinajstić information content (AvgIpc) is 3.16. The van der Waals surface area contributed by atoms with Crippen LogP contribution in [0.1, 0.15) is 26.2 Å². The molecule has 1 aliphatic heterocycles. The molecule has 162 valence electrons. The lowest BCUT2D eigenvalue weighted by Gasteiger charge is -2.27. The van der Waals surface area contributed by atoms with Crippen molar-refractivity contribution >= 4 is 45.0 Å². The first kappa shape index (κ1) is 23.7. The highest BCUT2D eigenvalue weighted by Gasteiger charge is 2.22. The number of ether oxygens (including phenoxy) is 3. The number of hydrogen-bond acceptors (Lipinski definition) is 7. The van der Waals surface area contributed by atoms with E-state index in [9.17, 15) is 4.79 Å². The molecule has 0 unspecified atom stereocenters. The second-order valence-electron chi connectivity index (χ2n) is 6.75. The maximum atomic E-state index is 12.8. The molecule has 1 aliphatic rings. The van der Waals surface area contributed by atoms with Crippen molar-refractivity contribution in [3.63, 3.8) is 0 Å². The van der Waals surface area contributed by atoms with Crippen LogP contribution in [0, 0.1) is 0 Å². The summed E-state index contributed by atoms with van der Waals surface area (Å²) in [5.74, 6) is 1.55. The molecule has 1 aromatic carbocycles. The molecular weight excluding hydrogens is 414 g/mol. The van der Waals surface area contributed by atoms with Gasteiger partial charge < -0.3 is 14.2 Å². The van der Waals surface area contributed by atoms with Gasteiger partial charge in [0.05, 0.1) is 27.4 Å². The van der Waals surface area contributed by atoms with E-state index in [-0.39, 0.29) is 18.3 Å². The molecule has 2 aromatic rings. The van der Waals surface area contributed by atoms with Crippen LogP contribution < -0.4 is 14.4 Å². The van der Waals surface area contributed by atoms with Gasteiger partial charge in [0.15, 0.2) is 5.13 Å². The largest absolute Gasteiger partial charge is 0.495 e. The summed E-state index contributed by atoms with van der Waals surface area (Å²) in [6, 6.07) is 3.72. The van der Waals surface area contributed by atoms with Gasteiger partial charge in [-0.1, -0.05) is 18.3 Å². The number of aromatic nitrogens is 1. The summed E-state index contributed by atoms with van der Waals surface area (Å²) in [4.78, 5) is 21.8. The van der Waals surface area contributed by atoms with Crippen molar-refractivity contribution in [2.24, 2.45) is 0 Å². The van der Waals surface area contributed by atoms with Gasteiger partial charge in [-0.15, -0.1) is 12.4 Å². The number of rotatable bonds is 9. The van der Waals surface area contributed by atoms with Crippen molar-refractivity contribution in [2.75, 3.05) is 58.5 Å². The molecule has 3 rings (SSSR count). The molecule has 1 amide bonds. The fourth-order valence-corrected chi connectivity index (χ4v) is 4.46. The Balaban J connectivity index is 0.00000300. The maximum absolute atomic E-state index is 12.8. The number of morpholine rings is 1. The Labute approximate surface area is 182 Å². The van der Waals surface area contributed by atoms with Crippen LogP contribution >= 0.6 is 23.7 Å². The number of hydrogen-bond donors (Lipinski definition) is 0. The molecule has 0 radical (unpaired) electrons. The number of carbonyl (C=O) groups excluding carboxylic acids is 1. The molecule has 1 saturated heterocycles. The molecule has 1 aromatic heterocycles. The minimum Gasteiger partial charge on any atom is -0.495 e. The summed E-state index contributed by atoms with van der Waals surface area (Å²) in [6.07, 6.45) is 2.23. The smallest absolute Gasteiger partial charge is 0.228 e. The fraction of sp³-hybridized carbons (Fsp3) is 0.600. The molecule has 0 spiro atoms. The normalized spacial score (nSPS) is 14.4. The Morgan fingerprint density at radius 1 is 1.24 bits per heavy atom. The van der Waals surface area contributed by atoms with Gasteiger partial charge in [-0.3, -0.25) is 14.6 Å². The molecular formula is C20H30ClN3O4S. The number of halogens is 1. The summed E-state index contributed by atoms with van der Waals surface area (Å²) in [5.41, 5.74) is 0.740. The van der Waals surface area contributed by atoms with Crippen molar-refractivity contribution < 1.29 is 19.0 Å². The first-order chi connectivity index (χ1) is 13.7. The van der Waals surface area contributed by atoms with Crippen LogP contribution in [0.5, 0.6) is 11.5 Å². The number of benzene rings is 1. The zero-order valence-corrected chi connectivity index (χ0v) is 18.9. The molecule has 0 bridgehead atoms. The number of carbonyl (C=O) groups is 1. The second kappa shape index (κ2) is 11.5. The van der Waals surface area contributed by atoms with Crippen LogP contribution in [0.2, 0.25) is 0 Å². The van der Waals surface area contributed by atoms with Gasteiger partial charge in [0.2, 0.25) is 5.91 Å². The first-order valence-corrected chi connectivity index (χ1v) is 10.6. The topological polar surface area (TPSA) is 64.1 Å². The van der Waals surface area contributed by atoms with Crippen molar-refractivity contribution in [1.29, 1.82) is 0 Å². The predicted octanol–water partition coefficient (Wildman–Crippen LogP) is 3.59. The van der Waals surface area contributed by atoms with Crippen LogP contribution in [0.25, 0.3) is 10.2 Å². The Morgan fingerprint density at radius 2 is 1.93 bits per heavy atom. The Bertz CT molecular complexity index is 754. The summed E-state index contributed by atoms with van der Waals surface area (Å²) >= 11 is 1.48. The van der Waals surface area contributed by atoms with E-state index in [4.69, 9.17) is 19.2 Å². The lowest BCUT2D eigenvalue weighted by atomic mass is 10.2. The van der Waals surface area contributed by atoms with Gasteiger partial charge in [0.1, 0.15) is 21.7 Å². The molecule has 1 fully saturated rings. The highest BCUT2D eigenvalue weighted by Crippen LogP contribution is 2.40. The third-order valence-corrected chi connectivity index (χ3v) is 5.95. The number of amides is 1. The second-order valence-corrected chi connectivity index (χ2v) is 7.72. The molecule has 7 nitrogen and oxygen atoms in total. The van der Waals surface area contributed by atoms with E-state index in [0.29, 0.717) is 23.8 Å². The van der Waals surface area contributed by atoms with Gasteiger partial charge in [-0.05, 0) is 25.0 Å². The van der Waals surface area contributed by atoms with Crippen LogP contribution in [0.4, 0.5) is 5.13 Å². The van der Waals surface area contributed by atoms with Crippen LogP contribution in [0.3, 0.4) is 0 Å². The monoisotopic (exact) mass is 443 g/mol. The third kappa shape index (κ3) is 5.72. The van der Waals surface area contributed by atoms with E-state index >= 15 is 0 Å². The molecule has 29 heavy (non-hydrogen) atoms. The minimum atomic E-state index is 0. The third-order valence-electron chi connectivity index (χ3n) is 4.85. The summed E-state index contributed by atoms with van der Waals surface area (Å²) < 4.78 is 17.2.